The summed E-state index contributed by atoms with van der Waals surface area (Å²) in [6, 6.07) is 15.6. The molecule has 11 heteroatoms. The van der Waals surface area contributed by atoms with Crippen molar-refractivity contribution in [3.8, 4) is 11.4 Å². The van der Waals surface area contributed by atoms with Crippen LogP contribution < -0.4 is 5.32 Å². The van der Waals surface area contributed by atoms with E-state index in [0.717, 1.165) is 5.56 Å². The fourth-order valence-corrected chi connectivity index (χ4v) is 3.70. The second-order valence-electron chi connectivity index (χ2n) is 6.47. The van der Waals surface area contributed by atoms with Gasteiger partial charge in [-0.1, -0.05) is 54.2 Å². The van der Waals surface area contributed by atoms with Crippen LogP contribution in [0.5, 0.6) is 0 Å². The smallest absolute Gasteiger partial charge is 0.234 e. The van der Waals surface area contributed by atoms with Crippen molar-refractivity contribution in [2.75, 3.05) is 11.1 Å². The molecule has 9 nitrogen and oxygen atoms in total. The number of thioether (sulfide) groups is 1. The van der Waals surface area contributed by atoms with E-state index in [1.807, 2.05) is 41.8 Å². The number of hydrogen-bond donors (Lipinski definition) is 1. The van der Waals surface area contributed by atoms with Gasteiger partial charge in [-0.05, 0) is 24.3 Å². The van der Waals surface area contributed by atoms with E-state index < -0.39 is 5.82 Å². The number of nitrogens with zero attached hydrogens (tertiary/aromatic N) is 7. The topological polar surface area (TPSA) is 103 Å². The maximum atomic E-state index is 13.7. The molecule has 2 aromatic carbocycles. The Labute approximate surface area is 181 Å². The van der Waals surface area contributed by atoms with Crippen LogP contribution in [0.25, 0.3) is 11.4 Å². The van der Waals surface area contributed by atoms with Crippen molar-refractivity contribution in [3.05, 3.63) is 66.2 Å². The Balaban J connectivity index is 1.40. The molecule has 0 aliphatic heterocycles. The molecule has 0 bridgehead atoms. The van der Waals surface area contributed by atoms with Crippen molar-refractivity contribution < 1.29 is 9.18 Å². The number of carbonyl (C=O) groups excluding carboxylic acids is 1. The molecule has 2 heterocycles. The normalized spacial score (nSPS) is 10.9. The van der Waals surface area contributed by atoms with Crippen LogP contribution in [-0.4, -0.2) is 46.6 Å². The molecule has 2 aromatic heterocycles. The second-order valence-corrected chi connectivity index (χ2v) is 7.41. The Hall–Kier alpha value is -3.60. The number of halogens is 1. The first-order valence-corrected chi connectivity index (χ1v) is 10.5. The van der Waals surface area contributed by atoms with E-state index in [-0.39, 0.29) is 17.3 Å². The average Bonchev–Trinajstić information content (AvgIpc) is 3.41. The van der Waals surface area contributed by atoms with E-state index in [4.69, 9.17) is 0 Å². The predicted octanol–water partition coefficient (Wildman–Crippen LogP) is 2.87. The minimum Gasteiger partial charge on any atom is -0.323 e. The molecular formula is C20H19FN8OS. The molecule has 0 saturated heterocycles. The Kier molecular flexibility index (Phi) is 6.32. The van der Waals surface area contributed by atoms with Crippen LogP contribution in [0.3, 0.4) is 0 Å². The van der Waals surface area contributed by atoms with Crippen molar-refractivity contribution in [2.45, 2.75) is 25.2 Å². The molecule has 4 rings (SSSR count). The second kappa shape index (κ2) is 9.47. The summed E-state index contributed by atoms with van der Waals surface area (Å²) in [6.07, 6.45) is 0. The van der Waals surface area contributed by atoms with Gasteiger partial charge in [-0.2, -0.15) is 4.80 Å². The van der Waals surface area contributed by atoms with Gasteiger partial charge in [-0.15, -0.1) is 20.4 Å². The molecule has 0 aliphatic rings. The molecule has 31 heavy (non-hydrogen) atoms. The van der Waals surface area contributed by atoms with Gasteiger partial charge in [0.25, 0.3) is 0 Å². The summed E-state index contributed by atoms with van der Waals surface area (Å²) in [5, 5.41) is 24.1. The lowest BCUT2D eigenvalue weighted by atomic mass is 10.2. The lowest BCUT2D eigenvalue weighted by molar-refractivity contribution is -0.113. The van der Waals surface area contributed by atoms with Crippen LogP contribution in [0.15, 0.2) is 59.8 Å². The van der Waals surface area contributed by atoms with Gasteiger partial charge in [-0.25, -0.2) is 4.39 Å². The number of carbonyl (C=O) groups is 1. The van der Waals surface area contributed by atoms with Crippen LogP contribution in [0, 0.1) is 5.82 Å². The summed E-state index contributed by atoms with van der Waals surface area (Å²) in [4.78, 5) is 13.6. The highest BCUT2D eigenvalue weighted by Gasteiger charge is 2.16. The molecule has 0 spiro atoms. The maximum Gasteiger partial charge on any atom is 0.234 e. The number of para-hydroxylation sites is 1. The average molecular weight is 438 g/mol. The Morgan fingerprint density at radius 2 is 1.84 bits per heavy atom. The zero-order valence-corrected chi connectivity index (χ0v) is 17.5. The van der Waals surface area contributed by atoms with Crippen molar-refractivity contribution in [2.24, 2.45) is 0 Å². The van der Waals surface area contributed by atoms with Crippen LogP contribution in [0.2, 0.25) is 0 Å². The molecule has 158 valence electrons. The summed E-state index contributed by atoms with van der Waals surface area (Å²) in [6.45, 7) is 2.86. The number of hydrogen-bond acceptors (Lipinski definition) is 7. The van der Waals surface area contributed by atoms with Gasteiger partial charge in [0.05, 0.1) is 11.4 Å². The van der Waals surface area contributed by atoms with Crippen LogP contribution in [-0.2, 0) is 17.9 Å². The monoisotopic (exact) mass is 438 g/mol. The van der Waals surface area contributed by atoms with Crippen molar-refractivity contribution in [1.29, 1.82) is 0 Å². The molecule has 0 radical (unpaired) electrons. The molecule has 0 aliphatic carbocycles. The third-order valence-corrected chi connectivity index (χ3v) is 5.32. The first kappa shape index (κ1) is 20.7. The molecule has 4 aromatic rings. The third-order valence-electron chi connectivity index (χ3n) is 4.36. The van der Waals surface area contributed by atoms with Crippen LogP contribution in [0.1, 0.15) is 12.7 Å². The Morgan fingerprint density at radius 1 is 1.06 bits per heavy atom. The Morgan fingerprint density at radius 3 is 2.61 bits per heavy atom. The molecule has 0 saturated carbocycles. The van der Waals surface area contributed by atoms with Crippen molar-refractivity contribution in [3.63, 3.8) is 0 Å². The third kappa shape index (κ3) is 4.94. The van der Waals surface area contributed by atoms with Gasteiger partial charge in [0.2, 0.25) is 11.7 Å². The fourth-order valence-electron chi connectivity index (χ4n) is 2.88. The number of tetrazole rings is 1. The summed E-state index contributed by atoms with van der Waals surface area (Å²) in [5.41, 5.74) is 1.03. The van der Waals surface area contributed by atoms with E-state index >= 15 is 0 Å². The quantitative estimate of drug-likeness (QED) is 0.422. The van der Waals surface area contributed by atoms with Gasteiger partial charge >= 0.3 is 0 Å². The minimum absolute atomic E-state index is 0.0756. The summed E-state index contributed by atoms with van der Waals surface area (Å²) in [7, 11) is 0. The van der Waals surface area contributed by atoms with E-state index in [0.29, 0.717) is 29.9 Å². The number of aromatic nitrogens is 7. The predicted molar refractivity (Wildman–Crippen MR) is 114 cm³/mol. The zero-order chi connectivity index (χ0) is 21.6. The largest absolute Gasteiger partial charge is 0.323 e. The first-order chi connectivity index (χ1) is 15.1. The van der Waals surface area contributed by atoms with E-state index in [9.17, 15) is 9.18 Å². The lowest BCUT2D eigenvalue weighted by Gasteiger charge is -2.08. The highest BCUT2D eigenvalue weighted by Crippen LogP contribution is 2.19. The van der Waals surface area contributed by atoms with Gasteiger partial charge in [-0.3, -0.25) is 4.79 Å². The van der Waals surface area contributed by atoms with Crippen LogP contribution in [0.4, 0.5) is 10.1 Å². The van der Waals surface area contributed by atoms with Gasteiger partial charge in [0.1, 0.15) is 12.4 Å². The standard InChI is InChI=1S/C20H19FN8OS/c1-2-28-17(12-29-26-19(24-27-29)14-8-4-3-5-9-14)23-25-20(28)31-13-18(30)22-16-11-7-6-10-15(16)21/h3-11H,2,12-13H2,1H3,(H,22,30). The number of rotatable bonds is 8. The zero-order valence-electron chi connectivity index (χ0n) is 16.6. The number of amides is 1. The van der Waals surface area contributed by atoms with Crippen molar-refractivity contribution >= 4 is 23.4 Å². The molecule has 0 atom stereocenters. The summed E-state index contributed by atoms with van der Waals surface area (Å²) in [5.74, 6) is 0.452. The fraction of sp³-hybridized carbons (Fsp3) is 0.200. The highest BCUT2D eigenvalue weighted by molar-refractivity contribution is 7.99. The highest BCUT2D eigenvalue weighted by atomic mass is 32.2. The Bertz CT molecular complexity index is 1180. The number of benzene rings is 2. The van der Waals surface area contributed by atoms with E-state index in [2.05, 4.69) is 30.9 Å². The molecule has 0 unspecified atom stereocenters. The number of anilines is 1. The molecule has 1 N–H and O–H groups in total. The summed E-state index contributed by atoms with van der Waals surface area (Å²) < 4.78 is 15.6. The van der Waals surface area contributed by atoms with Crippen molar-refractivity contribution in [1.82, 2.24) is 35.0 Å². The van der Waals surface area contributed by atoms with Crippen LogP contribution >= 0.6 is 11.8 Å². The number of nitrogens with one attached hydrogen (secondary N) is 1. The van der Waals surface area contributed by atoms with E-state index in [1.165, 1.54) is 28.7 Å². The van der Waals surface area contributed by atoms with E-state index in [1.54, 1.807) is 12.1 Å². The molecule has 1 amide bonds. The lowest BCUT2D eigenvalue weighted by Crippen LogP contribution is -2.16. The van der Waals surface area contributed by atoms with Gasteiger partial charge in [0.15, 0.2) is 11.0 Å². The first-order valence-electron chi connectivity index (χ1n) is 9.56. The SMILES string of the molecule is CCn1c(Cn2nnc(-c3ccccc3)n2)nnc1SCC(=O)Nc1ccccc1F. The van der Waals surface area contributed by atoms with Gasteiger partial charge in [0, 0.05) is 12.1 Å². The summed E-state index contributed by atoms with van der Waals surface area (Å²) >= 11 is 1.23. The molecular weight excluding hydrogens is 419 g/mol. The maximum absolute atomic E-state index is 13.7. The van der Waals surface area contributed by atoms with Gasteiger partial charge < -0.3 is 9.88 Å². The molecule has 0 fully saturated rings. The minimum atomic E-state index is -0.477.